The lowest BCUT2D eigenvalue weighted by Gasteiger charge is -2.50. The van der Waals surface area contributed by atoms with Gasteiger partial charge in [-0.3, -0.25) is 19.3 Å². The Labute approximate surface area is 243 Å². The summed E-state index contributed by atoms with van der Waals surface area (Å²) < 4.78 is 15.3. The van der Waals surface area contributed by atoms with Crippen LogP contribution in [0.4, 0.5) is 4.39 Å². The van der Waals surface area contributed by atoms with Crippen molar-refractivity contribution in [1.29, 1.82) is 0 Å². The van der Waals surface area contributed by atoms with E-state index in [-0.39, 0.29) is 71.9 Å². The van der Waals surface area contributed by atoms with Crippen molar-refractivity contribution in [3.05, 3.63) is 45.5 Å². The fraction of sp³-hybridized carbons (Fsp3) is 0.519. The quantitative estimate of drug-likeness (QED) is 0.275. The molecule has 10 nitrogen and oxygen atoms in total. The summed E-state index contributed by atoms with van der Waals surface area (Å²) >= 11 is 0. The number of aromatic hydroxyl groups is 1. The second-order valence-corrected chi connectivity index (χ2v) is 11.8. The lowest BCUT2D eigenvalue weighted by atomic mass is 9.57. The number of hydrogen-bond donors (Lipinski definition) is 6. The van der Waals surface area contributed by atoms with Gasteiger partial charge in [-0.1, -0.05) is 20.8 Å². The molecule has 4 atom stereocenters. The van der Waals surface area contributed by atoms with Crippen LogP contribution in [0, 0.1) is 23.1 Å². The first-order valence-electron chi connectivity index (χ1n) is 12.4. The third kappa shape index (κ3) is 5.09. The molecule has 0 aromatic heterocycles. The fourth-order valence-corrected chi connectivity index (χ4v) is 6.03. The SMILES string of the molecule is CN(C)[C@@H]1C(=O)C(C(N)=O)=C(O)[C@@]2(O)C(=O)C3=C(O)c4c(O)c(CNCC(C)(C)C)cc(F)c4C[C@H]3C[C@@H]12.Cl.Cl. The Kier molecular flexibility index (Phi) is 9.46. The van der Waals surface area contributed by atoms with Crippen LogP contribution in [0.3, 0.4) is 0 Å². The summed E-state index contributed by atoms with van der Waals surface area (Å²) in [5.41, 5.74) is 1.24. The predicted octanol–water partition coefficient (Wildman–Crippen LogP) is 2.08. The number of phenols is 1. The summed E-state index contributed by atoms with van der Waals surface area (Å²) in [7, 11) is 3.03. The molecule has 1 aromatic rings. The Morgan fingerprint density at radius 3 is 2.33 bits per heavy atom. The number of ketones is 2. The summed E-state index contributed by atoms with van der Waals surface area (Å²) in [6, 6.07) is -0.00856. The minimum absolute atomic E-state index is 0. The molecular formula is C27H36Cl2FN3O7. The van der Waals surface area contributed by atoms with Crippen molar-refractivity contribution >= 4 is 48.0 Å². The Morgan fingerprint density at radius 1 is 1.20 bits per heavy atom. The molecule has 0 unspecified atom stereocenters. The first-order chi connectivity index (χ1) is 17.5. The van der Waals surface area contributed by atoms with E-state index in [0.29, 0.717) is 6.54 Å². The number of hydrogen-bond acceptors (Lipinski definition) is 9. The van der Waals surface area contributed by atoms with Crippen LogP contribution in [-0.2, 0) is 27.3 Å². The van der Waals surface area contributed by atoms with Gasteiger partial charge in [0, 0.05) is 35.7 Å². The molecule has 0 aliphatic heterocycles. The Morgan fingerprint density at radius 2 is 1.80 bits per heavy atom. The van der Waals surface area contributed by atoms with Crippen molar-refractivity contribution in [2.75, 3.05) is 20.6 Å². The van der Waals surface area contributed by atoms with Crippen LogP contribution in [0.2, 0.25) is 0 Å². The molecule has 3 aliphatic rings. The standard InChI is InChI=1S/C27H34FN3O7.2ClH/c1-26(2,3)10-30-9-12-8-15(28)13-6-11-7-14-19(31(4)5)22(34)18(25(29)37)24(36)27(14,38)23(35)16(11)21(33)17(13)20(12)32;;/h8,11,14,19,30,32-33,36,38H,6-7,9-10H2,1-5H3,(H2,29,37);2*1H/t11-,14-,19-,27-;;/m0../s1. The normalized spacial score (nSPS) is 26.1. The summed E-state index contributed by atoms with van der Waals surface area (Å²) in [5, 5.41) is 47.9. The average Bonchev–Trinajstić information content (AvgIpc) is 2.78. The molecule has 4 rings (SSSR count). The van der Waals surface area contributed by atoms with Gasteiger partial charge in [0.15, 0.2) is 11.4 Å². The molecule has 1 aromatic carbocycles. The summed E-state index contributed by atoms with van der Waals surface area (Å²) in [5.74, 6) is -8.27. The number of nitrogens with zero attached hydrogens (tertiary/aromatic N) is 1. The molecule has 222 valence electrons. The van der Waals surface area contributed by atoms with E-state index in [2.05, 4.69) is 5.32 Å². The zero-order chi connectivity index (χ0) is 28.5. The smallest absolute Gasteiger partial charge is 0.255 e. The lowest BCUT2D eigenvalue weighted by molar-refractivity contribution is -0.153. The maximum atomic E-state index is 15.3. The number of phenolic OH excluding ortho intramolecular Hbond substituents is 1. The van der Waals surface area contributed by atoms with E-state index >= 15 is 4.39 Å². The van der Waals surface area contributed by atoms with Crippen LogP contribution in [0.1, 0.15) is 43.9 Å². The van der Waals surface area contributed by atoms with Crippen LogP contribution < -0.4 is 11.1 Å². The monoisotopic (exact) mass is 603 g/mol. The van der Waals surface area contributed by atoms with Gasteiger partial charge in [-0.05, 0) is 44.3 Å². The number of primary amides is 1. The van der Waals surface area contributed by atoms with Crippen molar-refractivity contribution in [2.24, 2.45) is 23.0 Å². The van der Waals surface area contributed by atoms with Crippen LogP contribution in [0.5, 0.6) is 5.75 Å². The molecule has 3 aliphatic carbocycles. The highest BCUT2D eigenvalue weighted by Gasteiger charge is 2.64. The number of Topliss-reactive ketones (excluding diaryl/α,β-unsaturated/α-hetero) is 2. The van der Waals surface area contributed by atoms with Crippen molar-refractivity contribution in [1.82, 2.24) is 10.2 Å². The van der Waals surface area contributed by atoms with Gasteiger partial charge in [0.1, 0.15) is 28.7 Å². The van der Waals surface area contributed by atoms with E-state index < -0.39 is 69.6 Å². The number of carbonyl (C=O) groups excluding carboxylic acids is 3. The van der Waals surface area contributed by atoms with Gasteiger partial charge in [-0.15, -0.1) is 24.8 Å². The first-order valence-corrected chi connectivity index (χ1v) is 12.4. The second-order valence-electron chi connectivity index (χ2n) is 11.8. The van der Waals surface area contributed by atoms with Gasteiger partial charge >= 0.3 is 0 Å². The van der Waals surface area contributed by atoms with Crippen LogP contribution >= 0.6 is 24.8 Å². The molecule has 40 heavy (non-hydrogen) atoms. The van der Waals surface area contributed by atoms with E-state index in [1.165, 1.54) is 25.1 Å². The largest absolute Gasteiger partial charge is 0.508 e. The predicted molar refractivity (Wildman–Crippen MR) is 150 cm³/mol. The van der Waals surface area contributed by atoms with E-state index in [9.17, 15) is 34.8 Å². The molecule has 0 bridgehead atoms. The number of rotatable bonds is 5. The maximum Gasteiger partial charge on any atom is 0.255 e. The number of amides is 1. The van der Waals surface area contributed by atoms with Crippen molar-refractivity contribution in [3.63, 3.8) is 0 Å². The van der Waals surface area contributed by atoms with E-state index in [0.717, 1.165) is 0 Å². The number of aliphatic hydroxyl groups is 3. The minimum atomic E-state index is -2.73. The topological polar surface area (TPSA) is 173 Å². The Hall–Kier alpha value is -2.70. The number of halogens is 3. The number of carbonyl (C=O) groups is 3. The van der Waals surface area contributed by atoms with Gasteiger partial charge in [0.25, 0.3) is 5.91 Å². The third-order valence-corrected chi connectivity index (χ3v) is 7.72. The summed E-state index contributed by atoms with van der Waals surface area (Å²) in [6.07, 6.45) is -0.190. The number of fused-ring (bicyclic) bond motifs is 3. The number of likely N-dealkylation sites (N-methyl/N-ethyl adjacent to an activating group) is 1. The van der Waals surface area contributed by atoms with Gasteiger partial charge in [0.05, 0.1) is 11.6 Å². The Bertz CT molecular complexity index is 1320. The molecular weight excluding hydrogens is 568 g/mol. The van der Waals surface area contributed by atoms with Gasteiger partial charge in [-0.2, -0.15) is 0 Å². The van der Waals surface area contributed by atoms with Gasteiger partial charge < -0.3 is 31.5 Å². The number of aliphatic hydroxyl groups excluding tert-OH is 2. The van der Waals surface area contributed by atoms with Gasteiger partial charge in [-0.25, -0.2) is 4.39 Å². The van der Waals surface area contributed by atoms with Crippen LogP contribution in [0.15, 0.2) is 23.0 Å². The summed E-state index contributed by atoms with van der Waals surface area (Å²) in [4.78, 5) is 40.4. The average molecular weight is 605 g/mol. The first kappa shape index (κ1) is 33.5. The molecule has 7 N–H and O–H groups in total. The van der Waals surface area contributed by atoms with E-state index in [1.54, 1.807) is 0 Å². The zero-order valence-corrected chi connectivity index (χ0v) is 24.5. The molecule has 0 heterocycles. The third-order valence-electron chi connectivity index (χ3n) is 7.72. The highest BCUT2D eigenvalue weighted by molar-refractivity contribution is 6.24. The zero-order valence-electron chi connectivity index (χ0n) is 22.9. The molecule has 1 saturated carbocycles. The molecule has 0 spiro atoms. The van der Waals surface area contributed by atoms with E-state index in [1.807, 2.05) is 20.8 Å². The minimum Gasteiger partial charge on any atom is -0.508 e. The van der Waals surface area contributed by atoms with Crippen LogP contribution in [0.25, 0.3) is 5.76 Å². The maximum absolute atomic E-state index is 15.3. The fourth-order valence-electron chi connectivity index (χ4n) is 6.03. The van der Waals surface area contributed by atoms with Crippen LogP contribution in [-0.4, -0.2) is 75.1 Å². The molecule has 13 heteroatoms. The highest BCUT2D eigenvalue weighted by Crippen LogP contribution is 2.53. The molecule has 1 fully saturated rings. The van der Waals surface area contributed by atoms with Crippen molar-refractivity contribution in [3.8, 4) is 5.75 Å². The van der Waals surface area contributed by atoms with E-state index in [4.69, 9.17) is 5.73 Å². The van der Waals surface area contributed by atoms with Gasteiger partial charge in [0.2, 0.25) is 5.78 Å². The number of nitrogens with two attached hydrogens (primary N) is 1. The highest BCUT2D eigenvalue weighted by atomic mass is 35.5. The molecule has 1 amide bonds. The second kappa shape index (κ2) is 11.3. The number of benzene rings is 1. The lowest BCUT2D eigenvalue weighted by Crippen LogP contribution is -2.65. The molecule has 0 radical (unpaired) electrons. The Balaban J connectivity index is 0.00000280. The van der Waals surface area contributed by atoms with Crippen molar-refractivity contribution in [2.45, 2.75) is 51.8 Å². The summed E-state index contributed by atoms with van der Waals surface area (Å²) in [6.45, 7) is 6.67. The van der Waals surface area contributed by atoms with Crippen molar-refractivity contribution < 1.29 is 39.2 Å². The number of nitrogens with one attached hydrogen (secondary N) is 1. The molecule has 0 saturated heterocycles.